The molecule has 31 heavy (non-hydrogen) atoms. The first-order valence-electron chi connectivity index (χ1n) is 10.0. The quantitative estimate of drug-likeness (QED) is 0.538. The number of benzene rings is 1. The predicted octanol–water partition coefficient (Wildman–Crippen LogP) is 2.35. The van der Waals surface area contributed by atoms with E-state index in [2.05, 4.69) is 9.97 Å². The van der Waals surface area contributed by atoms with Crippen LogP contribution in [0.1, 0.15) is 23.7 Å². The van der Waals surface area contributed by atoms with Crippen LogP contribution in [0.5, 0.6) is 0 Å². The van der Waals surface area contributed by atoms with Crippen molar-refractivity contribution in [3.63, 3.8) is 0 Å². The molecule has 1 N–H and O–H groups in total. The van der Waals surface area contributed by atoms with Crippen LogP contribution in [0.25, 0.3) is 0 Å². The Hall–Kier alpha value is -2.88. The monoisotopic (exact) mass is 448 g/mol. The van der Waals surface area contributed by atoms with E-state index in [1.807, 2.05) is 0 Å². The van der Waals surface area contributed by atoms with Gasteiger partial charge in [0.2, 0.25) is 5.91 Å². The van der Waals surface area contributed by atoms with Crippen LogP contribution in [0.4, 0.5) is 9.18 Å². The minimum atomic E-state index is -0.375. The van der Waals surface area contributed by atoms with E-state index in [-0.39, 0.29) is 29.8 Å². The number of nitrogens with zero attached hydrogens (tertiary/aromatic N) is 3. The SMILES string of the molecule is CCOC(=O)N1CCN(C(=O)Cc2c(C)nc(SCc3ccc(F)cc3)[nH]c2=O)CC1. The van der Waals surface area contributed by atoms with E-state index in [0.717, 1.165) is 5.56 Å². The first-order valence-corrected chi connectivity index (χ1v) is 11.0. The Morgan fingerprint density at radius 1 is 1.16 bits per heavy atom. The van der Waals surface area contributed by atoms with Gasteiger partial charge in [-0.15, -0.1) is 0 Å². The third-order valence-corrected chi connectivity index (χ3v) is 5.92. The van der Waals surface area contributed by atoms with Gasteiger partial charge in [-0.05, 0) is 31.5 Å². The lowest BCUT2D eigenvalue weighted by molar-refractivity contribution is -0.132. The molecule has 1 aromatic carbocycles. The fourth-order valence-electron chi connectivity index (χ4n) is 3.21. The number of carbonyl (C=O) groups excluding carboxylic acids is 2. The van der Waals surface area contributed by atoms with E-state index < -0.39 is 0 Å². The fraction of sp³-hybridized carbons (Fsp3) is 0.429. The summed E-state index contributed by atoms with van der Waals surface area (Å²) in [6.45, 7) is 5.36. The molecule has 0 bridgehead atoms. The van der Waals surface area contributed by atoms with Crippen LogP contribution in [-0.4, -0.2) is 64.6 Å². The van der Waals surface area contributed by atoms with Crippen LogP contribution in [0.15, 0.2) is 34.2 Å². The largest absolute Gasteiger partial charge is 0.450 e. The molecule has 3 rings (SSSR count). The molecule has 166 valence electrons. The lowest BCUT2D eigenvalue weighted by Gasteiger charge is -2.34. The summed E-state index contributed by atoms with van der Waals surface area (Å²) in [4.78, 5) is 47.3. The molecule has 1 saturated heterocycles. The maximum Gasteiger partial charge on any atom is 0.409 e. The Balaban J connectivity index is 1.58. The molecule has 0 unspecified atom stereocenters. The average molecular weight is 449 g/mol. The number of ether oxygens (including phenoxy) is 1. The number of aromatic amines is 1. The Bertz CT molecular complexity index is 988. The number of thioether (sulfide) groups is 1. The topological polar surface area (TPSA) is 95.6 Å². The minimum absolute atomic E-state index is 0.0452. The van der Waals surface area contributed by atoms with Crippen molar-refractivity contribution in [2.45, 2.75) is 31.2 Å². The second-order valence-electron chi connectivity index (χ2n) is 7.09. The first kappa shape index (κ1) is 22.8. The Morgan fingerprint density at radius 2 is 1.81 bits per heavy atom. The number of aromatic nitrogens is 2. The van der Waals surface area contributed by atoms with Gasteiger partial charge in [0.1, 0.15) is 5.82 Å². The van der Waals surface area contributed by atoms with Crippen LogP contribution < -0.4 is 5.56 Å². The summed E-state index contributed by atoms with van der Waals surface area (Å²) in [6.07, 6.45) is -0.420. The van der Waals surface area contributed by atoms with Gasteiger partial charge in [0.25, 0.3) is 5.56 Å². The van der Waals surface area contributed by atoms with E-state index in [1.165, 1.54) is 23.9 Å². The molecule has 0 radical (unpaired) electrons. The maximum atomic E-state index is 13.0. The highest BCUT2D eigenvalue weighted by Gasteiger charge is 2.26. The molecule has 1 fully saturated rings. The normalized spacial score (nSPS) is 13.9. The molecular formula is C21H25FN4O4S. The first-order chi connectivity index (χ1) is 14.9. The summed E-state index contributed by atoms with van der Waals surface area (Å²) in [5.41, 5.74) is 1.41. The summed E-state index contributed by atoms with van der Waals surface area (Å²) in [6, 6.07) is 6.14. The molecule has 0 saturated carbocycles. The Kier molecular flexibility index (Phi) is 7.67. The van der Waals surface area contributed by atoms with Gasteiger partial charge in [-0.25, -0.2) is 14.2 Å². The zero-order valence-electron chi connectivity index (χ0n) is 17.5. The molecule has 2 aromatic rings. The maximum absolute atomic E-state index is 13.0. The number of halogens is 1. The lowest BCUT2D eigenvalue weighted by Crippen LogP contribution is -2.51. The minimum Gasteiger partial charge on any atom is -0.450 e. The number of carbonyl (C=O) groups is 2. The number of amides is 2. The Morgan fingerprint density at radius 3 is 2.42 bits per heavy atom. The van der Waals surface area contributed by atoms with Gasteiger partial charge in [-0.3, -0.25) is 9.59 Å². The summed E-state index contributed by atoms with van der Waals surface area (Å²) in [5, 5.41) is 0.450. The van der Waals surface area contributed by atoms with Gasteiger partial charge in [-0.2, -0.15) is 0 Å². The zero-order valence-corrected chi connectivity index (χ0v) is 18.3. The van der Waals surface area contributed by atoms with Crippen molar-refractivity contribution in [2.75, 3.05) is 32.8 Å². The molecule has 1 aliphatic heterocycles. The number of H-pyrrole nitrogens is 1. The van der Waals surface area contributed by atoms with Crippen LogP contribution >= 0.6 is 11.8 Å². The number of aryl methyl sites for hydroxylation is 1. The van der Waals surface area contributed by atoms with Gasteiger partial charge >= 0.3 is 6.09 Å². The van der Waals surface area contributed by atoms with E-state index in [1.54, 1.807) is 35.8 Å². The number of piperazine rings is 1. The van der Waals surface area contributed by atoms with Gasteiger partial charge in [0, 0.05) is 43.2 Å². The van der Waals surface area contributed by atoms with Crippen molar-refractivity contribution in [3.05, 3.63) is 57.3 Å². The number of hydrogen-bond donors (Lipinski definition) is 1. The predicted molar refractivity (Wildman–Crippen MR) is 114 cm³/mol. The number of nitrogens with one attached hydrogen (secondary N) is 1. The third-order valence-electron chi connectivity index (χ3n) is 4.98. The summed E-state index contributed by atoms with van der Waals surface area (Å²) >= 11 is 1.34. The molecule has 0 spiro atoms. The molecule has 1 aromatic heterocycles. The summed E-state index contributed by atoms with van der Waals surface area (Å²) in [5.74, 6) is 0.0594. The second-order valence-corrected chi connectivity index (χ2v) is 8.06. The van der Waals surface area contributed by atoms with E-state index in [9.17, 15) is 18.8 Å². The van der Waals surface area contributed by atoms with Crippen LogP contribution in [0, 0.1) is 12.7 Å². The van der Waals surface area contributed by atoms with Crippen molar-refractivity contribution in [1.29, 1.82) is 0 Å². The van der Waals surface area contributed by atoms with E-state index in [4.69, 9.17) is 4.74 Å². The molecule has 2 heterocycles. The van der Waals surface area contributed by atoms with Crippen molar-refractivity contribution in [2.24, 2.45) is 0 Å². The lowest BCUT2D eigenvalue weighted by atomic mass is 10.1. The van der Waals surface area contributed by atoms with Crippen molar-refractivity contribution in [1.82, 2.24) is 19.8 Å². The van der Waals surface area contributed by atoms with E-state index >= 15 is 0 Å². The fourth-order valence-corrected chi connectivity index (χ4v) is 4.07. The number of hydrogen-bond acceptors (Lipinski definition) is 6. The van der Waals surface area contributed by atoms with Crippen LogP contribution in [0.2, 0.25) is 0 Å². The van der Waals surface area contributed by atoms with Crippen molar-refractivity contribution >= 4 is 23.8 Å². The highest BCUT2D eigenvalue weighted by Crippen LogP contribution is 2.19. The van der Waals surface area contributed by atoms with E-state index in [0.29, 0.717) is 55.0 Å². The molecular weight excluding hydrogens is 423 g/mol. The van der Waals surface area contributed by atoms with Gasteiger partial charge in [-0.1, -0.05) is 23.9 Å². The van der Waals surface area contributed by atoms with Gasteiger partial charge in [0.05, 0.1) is 13.0 Å². The second kappa shape index (κ2) is 10.4. The Labute approximate surface area is 183 Å². The summed E-state index contributed by atoms with van der Waals surface area (Å²) in [7, 11) is 0. The molecule has 0 atom stereocenters. The molecule has 1 aliphatic rings. The molecule has 10 heteroatoms. The summed E-state index contributed by atoms with van der Waals surface area (Å²) < 4.78 is 18.0. The highest BCUT2D eigenvalue weighted by molar-refractivity contribution is 7.98. The van der Waals surface area contributed by atoms with Crippen LogP contribution in [0.3, 0.4) is 0 Å². The van der Waals surface area contributed by atoms with Gasteiger partial charge in [0.15, 0.2) is 5.16 Å². The highest BCUT2D eigenvalue weighted by atomic mass is 32.2. The van der Waals surface area contributed by atoms with Crippen molar-refractivity contribution in [3.8, 4) is 0 Å². The van der Waals surface area contributed by atoms with Gasteiger partial charge < -0.3 is 19.5 Å². The standard InChI is InChI=1S/C21H25FN4O4S/c1-3-30-21(29)26-10-8-25(9-11-26)18(27)12-17-14(2)23-20(24-19(17)28)31-13-15-4-6-16(22)7-5-15/h4-7H,3,8-13H2,1-2H3,(H,23,24,28). The molecule has 0 aliphatic carbocycles. The third kappa shape index (κ3) is 6.06. The molecule has 2 amide bonds. The van der Waals surface area contributed by atoms with Crippen molar-refractivity contribution < 1.29 is 18.7 Å². The molecule has 8 nitrogen and oxygen atoms in total. The average Bonchev–Trinajstić information content (AvgIpc) is 2.76. The smallest absolute Gasteiger partial charge is 0.409 e. The van der Waals surface area contributed by atoms with Crippen LogP contribution in [-0.2, 0) is 21.7 Å². The number of rotatable bonds is 6. The zero-order chi connectivity index (χ0) is 22.4.